The Kier molecular flexibility index (Phi) is 8.04. The first-order chi connectivity index (χ1) is 18.2. The van der Waals surface area contributed by atoms with Crippen LogP contribution >= 0.6 is 11.3 Å². The molecule has 1 aromatic carbocycles. The van der Waals surface area contributed by atoms with Crippen LogP contribution in [0.25, 0.3) is 0 Å². The van der Waals surface area contributed by atoms with E-state index in [2.05, 4.69) is 20.9 Å². The number of carbonyl (C=O) groups is 1. The summed E-state index contributed by atoms with van der Waals surface area (Å²) in [6.07, 6.45) is -4.34. The number of thiazole rings is 1. The first kappa shape index (κ1) is 27.4. The molecule has 3 aliphatic rings. The highest BCUT2D eigenvalue weighted by molar-refractivity contribution is 7.13. The fraction of sp³-hybridized carbons (Fsp3) is 0.615. The van der Waals surface area contributed by atoms with E-state index in [1.54, 1.807) is 7.05 Å². The molecule has 1 amide bonds. The maximum Gasteiger partial charge on any atom is 0.239 e. The molecule has 10 atom stereocenters. The van der Waals surface area contributed by atoms with Crippen molar-refractivity contribution in [3.05, 3.63) is 41.4 Å². The van der Waals surface area contributed by atoms with Gasteiger partial charge in [-0.2, -0.15) is 0 Å². The average molecular weight is 549 g/mol. The number of ether oxygens (including phenoxy) is 3. The Morgan fingerprint density at radius 3 is 2.66 bits per heavy atom. The molecule has 2 aliphatic heterocycles. The summed E-state index contributed by atoms with van der Waals surface area (Å²) in [6, 6.07) is 8.19. The Balaban J connectivity index is 1.29. The van der Waals surface area contributed by atoms with Crippen LogP contribution in [-0.2, 0) is 25.4 Å². The molecule has 3 unspecified atom stereocenters. The molecule has 0 bridgehead atoms. The molecule has 1 aromatic heterocycles. The molecule has 5 rings (SSSR count). The third-order valence-electron chi connectivity index (χ3n) is 7.68. The Morgan fingerprint density at radius 2 is 1.95 bits per heavy atom. The molecule has 2 saturated heterocycles. The number of aliphatic hydroxyl groups excluding tert-OH is 2. The summed E-state index contributed by atoms with van der Waals surface area (Å²) in [5, 5.41) is 45.2. The van der Waals surface area contributed by atoms with Gasteiger partial charge in [-0.25, -0.2) is 4.98 Å². The second-order valence-electron chi connectivity index (χ2n) is 10.2. The molecule has 11 nitrogen and oxygen atoms in total. The van der Waals surface area contributed by atoms with Crippen molar-refractivity contribution in [1.82, 2.24) is 15.6 Å². The summed E-state index contributed by atoms with van der Waals surface area (Å²) in [6.45, 7) is 3.71. The minimum atomic E-state index is -2.01. The summed E-state index contributed by atoms with van der Waals surface area (Å²) in [5.74, 6) is -2.78. The van der Waals surface area contributed by atoms with Gasteiger partial charge in [0.15, 0.2) is 5.13 Å². The van der Waals surface area contributed by atoms with E-state index in [9.17, 15) is 20.1 Å². The van der Waals surface area contributed by atoms with Crippen LogP contribution in [0.5, 0.6) is 0 Å². The number of nitrogens with one attached hydrogen (secondary N) is 3. The Bertz CT molecular complexity index is 1110. The number of fused-ring (bicyclic) bond motifs is 2. The summed E-state index contributed by atoms with van der Waals surface area (Å²) in [7, 11) is 1.68. The molecule has 6 N–H and O–H groups in total. The first-order valence-electron chi connectivity index (χ1n) is 13.0. The third kappa shape index (κ3) is 5.19. The maximum absolute atomic E-state index is 13.1. The van der Waals surface area contributed by atoms with Crippen molar-refractivity contribution in [2.75, 3.05) is 12.4 Å². The number of para-hydroxylation sites is 1. The zero-order valence-electron chi connectivity index (χ0n) is 21.6. The van der Waals surface area contributed by atoms with Crippen molar-refractivity contribution in [3.63, 3.8) is 0 Å². The topological polar surface area (TPSA) is 154 Å². The smallest absolute Gasteiger partial charge is 0.239 e. The molecule has 208 valence electrons. The monoisotopic (exact) mass is 548 g/mol. The number of likely N-dealkylation sites (N-methyl/N-ethyl adjacent to an activating group) is 1. The number of benzene rings is 1. The summed E-state index contributed by atoms with van der Waals surface area (Å²) in [4.78, 5) is 17.6. The zero-order valence-corrected chi connectivity index (χ0v) is 22.4. The van der Waals surface area contributed by atoms with E-state index in [0.29, 0.717) is 17.2 Å². The van der Waals surface area contributed by atoms with E-state index in [1.165, 1.54) is 11.3 Å². The van der Waals surface area contributed by atoms with Gasteiger partial charge in [-0.3, -0.25) is 4.79 Å². The van der Waals surface area contributed by atoms with E-state index in [-0.39, 0.29) is 24.9 Å². The SMILES string of the molecule is CC[C@@H]1[C@H](O)[C@H](NC)C2O[C@]3(O)C(OC2[C@H]1O)O[C@H](C)C[C@H]3NC(=O)Cc1csc(Nc2ccccc2)n1. The van der Waals surface area contributed by atoms with Crippen molar-refractivity contribution in [3.8, 4) is 0 Å². The predicted molar refractivity (Wildman–Crippen MR) is 140 cm³/mol. The van der Waals surface area contributed by atoms with Crippen LogP contribution in [-0.4, -0.2) is 87.9 Å². The minimum absolute atomic E-state index is 0.0150. The summed E-state index contributed by atoms with van der Waals surface area (Å²) < 4.78 is 18.2. The van der Waals surface area contributed by atoms with E-state index >= 15 is 0 Å². The van der Waals surface area contributed by atoms with Crippen molar-refractivity contribution in [2.24, 2.45) is 5.92 Å². The van der Waals surface area contributed by atoms with Gasteiger partial charge in [-0.1, -0.05) is 25.1 Å². The van der Waals surface area contributed by atoms with Crippen LogP contribution in [0.2, 0.25) is 0 Å². The Labute approximate surface area is 225 Å². The quantitative estimate of drug-likeness (QED) is 0.294. The highest BCUT2D eigenvalue weighted by Crippen LogP contribution is 2.43. The van der Waals surface area contributed by atoms with Gasteiger partial charge in [-0.15, -0.1) is 11.3 Å². The van der Waals surface area contributed by atoms with Gasteiger partial charge in [-0.05, 0) is 38.9 Å². The molecule has 0 spiro atoms. The summed E-state index contributed by atoms with van der Waals surface area (Å²) in [5.41, 5.74) is 1.49. The number of aromatic nitrogens is 1. The molecular formula is C26H36N4O7S. The lowest BCUT2D eigenvalue weighted by molar-refractivity contribution is -0.450. The highest BCUT2D eigenvalue weighted by atomic mass is 32.1. The van der Waals surface area contributed by atoms with E-state index in [4.69, 9.17) is 14.2 Å². The Hall–Kier alpha value is -2.16. The molecular weight excluding hydrogens is 512 g/mol. The van der Waals surface area contributed by atoms with E-state index in [0.717, 1.165) is 5.69 Å². The number of aliphatic hydroxyl groups is 3. The Morgan fingerprint density at radius 1 is 1.18 bits per heavy atom. The molecule has 3 fully saturated rings. The van der Waals surface area contributed by atoms with Crippen molar-refractivity contribution in [2.45, 2.75) is 87.8 Å². The maximum atomic E-state index is 13.1. The molecule has 2 aromatic rings. The normalized spacial score (nSPS) is 38.6. The number of rotatable bonds is 7. The number of nitrogens with zero attached hydrogens (tertiary/aromatic N) is 1. The number of carbonyl (C=O) groups excluding carboxylic acids is 1. The fourth-order valence-electron chi connectivity index (χ4n) is 5.74. The van der Waals surface area contributed by atoms with Crippen molar-refractivity contribution < 1.29 is 34.3 Å². The van der Waals surface area contributed by atoms with Gasteiger partial charge in [0, 0.05) is 17.0 Å². The van der Waals surface area contributed by atoms with E-state index in [1.807, 2.05) is 49.6 Å². The van der Waals surface area contributed by atoms with Gasteiger partial charge in [0.25, 0.3) is 0 Å². The van der Waals surface area contributed by atoms with Crippen LogP contribution in [0.4, 0.5) is 10.8 Å². The first-order valence-corrected chi connectivity index (χ1v) is 13.9. The zero-order chi connectivity index (χ0) is 27.0. The van der Waals surface area contributed by atoms with Crippen molar-refractivity contribution in [1.29, 1.82) is 0 Å². The summed E-state index contributed by atoms with van der Waals surface area (Å²) >= 11 is 1.40. The molecule has 38 heavy (non-hydrogen) atoms. The van der Waals surface area contributed by atoms with Crippen LogP contribution in [0.3, 0.4) is 0 Å². The van der Waals surface area contributed by atoms with Gasteiger partial charge < -0.3 is 45.5 Å². The lowest BCUT2D eigenvalue weighted by Crippen LogP contribution is -2.77. The molecule has 0 radical (unpaired) electrons. The lowest BCUT2D eigenvalue weighted by atomic mass is 9.74. The van der Waals surface area contributed by atoms with Gasteiger partial charge >= 0.3 is 0 Å². The molecule has 12 heteroatoms. The van der Waals surface area contributed by atoms with Gasteiger partial charge in [0.1, 0.15) is 12.2 Å². The minimum Gasteiger partial charge on any atom is -0.391 e. The van der Waals surface area contributed by atoms with Crippen LogP contribution < -0.4 is 16.0 Å². The largest absolute Gasteiger partial charge is 0.391 e. The van der Waals surface area contributed by atoms with Crippen LogP contribution in [0.15, 0.2) is 35.7 Å². The van der Waals surface area contributed by atoms with Gasteiger partial charge in [0.05, 0.1) is 42.5 Å². The van der Waals surface area contributed by atoms with Crippen molar-refractivity contribution >= 4 is 28.1 Å². The van der Waals surface area contributed by atoms with Crippen LogP contribution in [0, 0.1) is 5.92 Å². The molecule has 3 heterocycles. The average Bonchev–Trinajstić information content (AvgIpc) is 3.31. The predicted octanol–water partition coefficient (Wildman–Crippen LogP) is 0.871. The number of amides is 1. The molecule has 1 aliphatic carbocycles. The number of hydrogen-bond acceptors (Lipinski definition) is 11. The third-order valence-corrected chi connectivity index (χ3v) is 8.49. The highest BCUT2D eigenvalue weighted by Gasteiger charge is 2.63. The second-order valence-corrected chi connectivity index (χ2v) is 11.1. The van der Waals surface area contributed by atoms with E-state index < -0.39 is 54.5 Å². The molecule has 1 saturated carbocycles. The van der Waals surface area contributed by atoms with Crippen LogP contribution in [0.1, 0.15) is 32.4 Å². The lowest BCUT2D eigenvalue weighted by Gasteiger charge is -2.58. The number of anilines is 2. The second kappa shape index (κ2) is 11.1. The standard InChI is InChI=1S/C26H36N4O7S/c1-4-16-20(32)19(27-3)22-23(21(16)33)36-24-26(34,37-22)17(10-13(2)35-24)30-18(31)11-15-12-38-25(29-15)28-14-8-6-5-7-9-14/h5-9,12-13,16-17,19-24,27,32-34H,4,10-11H2,1-3H3,(H,28,29)(H,30,31)/t13-,16-,17-,19+,20+,21+,22?,23?,24?,26+/m1/s1. The number of hydrogen-bond donors (Lipinski definition) is 6. The van der Waals surface area contributed by atoms with Gasteiger partial charge in [0.2, 0.25) is 18.0 Å². The fourth-order valence-corrected chi connectivity index (χ4v) is 6.47.